The van der Waals surface area contributed by atoms with Gasteiger partial charge in [0.2, 0.25) is 5.91 Å². The molecule has 7 heteroatoms. The maximum atomic E-state index is 11.9. The molecule has 4 nitrogen and oxygen atoms in total. The van der Waals surface area contributed by atoms with E-state index in [9.17, 15) is 14.7 Å². The third-order valence-electron chi connectivity index (χ3n) is 2.83. The number of hydrogen-bond donors (Lipinski definition) is 2. The summed E-state index contributed by atoms with van der Waals surface area (Å²) in [5.41, 5.74) is 0.829. The van der Waals surface area contributed by atoms with Gasteiger partial charge in [-0.15, -0.1) is 22.7 Å². The molecule has 0 aliphatic carbocycles. The summed E-state index contributed by atoms with van der Waals surface area (Å²) in [4.78, 5) is 24.8. The van der Waals surface area contributed by atoms with E-state index >= 15 is 0 Å². The molecule has 0 saturated carbocycles. The van der Waals surface area contributed by atoms with Crippen molar-refractivity contribution >= 4 is 57.2 Å². The van der Waals surface area contributed by atoms with Gasteiger partial charge < -0.3 is 10.4 Å². The van der Waals surface area contributed by atoms with Crippen molar-refractivity contribution in [3.8, 4) is 0 Å². The van der Waals surface area contributed by atoms with Gasteiger partial charge in [-0.2, -0.15) is 0 Å². The topological polar surface area (TPSA) is 66.4 Å². The van der Waals surface area contributed by atoms with Crippen molar-refractivity contribution < 1.29 is 14.7 Å². The number of hydrogen-bond acceptors (Lipinski definition) is 4. The van der Waals surface area contributed by atoms with Crippen LogP contribution in [0.4, 0.5) is 5.00 Å². The fourth-order valence-electron chi connectivity index (χ4n) is 1.70. The highest BCUT2D eigenvalue weighted by atomic mass is 35.5. The van der Waals surface area contributed by atoms with Gasteiger partial charge in [-0.3, -0.25) is 4.79 Å². The van der Waals surface area contributed by atoms with Crippen LogP contribution >= 0.6 is 34.3 Å². The van der Waals surface area contributed by atoms with E-state index in [0.717, 1.165) is 9.75 Å². The molecule has 2 rings (SSSR count). The van der Waals surface area contributed by atoms with Crippen molar-refractivity contribution in [3.05, 3.63) is 43.4 Å². The summed E-state index contributed by atoms with van der Waals surface area (Å²) in [6.45, 7) is 3.56. The van der Waals surface area contributed by atoms with Gasteiger partial charge in [0.25, 0.3) is 0 Å². The van der Waals surface area contributed by atoms with E-state index < -0.39 is 5.97 Å². The van der Waals surface area contributed by atoms with Gasteiger partial charge in [-0.25, -0.2) is 4.79 Å². The van der Waals surface area contributed by atoms with Crippen LogP contribution in [0.2, 0.25) is 4.34 Å². The quantitative estimate of drug-likeness (QED) is 0.808. The van der Waals surface area contributed by atoms with E-state index in [2.05, 4.69) is 5.32 Å². The highest BCUT2D eigenvalue weighted by molar-refractivity contribution is 7.17. The molecular formula is C14H12ClNO3S2. The minimum Gasteiger partial charge on any atom is -0.478 e. The second-order valence-electron chi connectivity index (χ2n) is 4.26. The SMILES string of the molecule is Cc1sc(NC(=O)/C=C/c2ccc(Cl)s2)c(C(=O)O)c1C. The summed E-state index contributed by atoms with van der Waals surface area (Å²) in [7, 11) is 0. The zero-order chi connectivity index (χ0) is 15.6. The Morgan fingerprint density at radius 2 is 2.00 bits per heavy atom. The Hall–Kier alpha value is -1.63. The van der Waals surface area contributed by atoms with Gasteiger partial charge in [0.05, 0.1) is 9.90 Å². The Morgan fingerprint density at radius 1 is 1.29 bits per heavy atom. The third kappa shape index (κ3) is 3.72. The Kier molecular flexibility index (Phi) is 4.82. The number of anilines is 1. The van der Waals surface area contributed by atoms with Crippen molar-refractivity contribution in [1.29, 1.82) is 0 Å². The van der Waals surface area contributed by atoms with Crippen LogP contribution in [0.3, 0.4) is 0 Å². The highest BCUT2D eigenvalue weighted by Crippen LogP contribution is 2.32. The summed E-state index contributed by atoms with van der Waals surface area (Å²) < 4.78 is 0.646. The summed E-state index contributed by atoms with van der Waals surface area (Å²) in [5.74, 6) is -1.41. The molecule has 0 atom stereocenters. The van der Waals surface area contributed by atoms with Crippen LogP contribution in [0.5, 0.6) is 0 Å². The molecular weight excluding hydrogens is 330 g/mol. The van der Waals surface area contributed by atoms with Gasteiger partial charge >= 0.3 is 5.97 Å². The molecule has 2 aromatic heterocycles. The zero-order valence-electron chi connectivity index (χ0n) is 11.3. The molecule has 0 spiro atoms. The minimum atomic E-state index is -1.04. The minimum absolute atomic E-state index is 0.151. The molecule has 0 fully saturated rings. The Morgan fingerprint density at radius 3 is 2.57 bits per heavy atom. The lowest BCUT2D eigenvalue weighted by Gasteiger charge is -2.01. The zero-order valence-corrected chi connectivity index (χ0v) is 13.7. The van der Waals surface area contributed by atoms with Gasteiger partial charge in [-0.05, 0) is 37.6 Å². The molecule has 0 aliphatic heterocycles. The largest absolute Gasteiger partial charge is 0.478 e. The Bertz CT molecular complexity index is 731. The summed E-state index contributed by atoms with van der Waals surface area (Å²) in [5, 5.41) is 12.2. The molecule has 0 aromatic carbocycles. The fraction of sp³-hybridized carbons (Fsp3) is 0.143. The molecule has 1 amide bonds. The van der Waals surface area contributed by atoms with Crippen LogP contribution in [0.25, 0.3) is 6.08 Å². The number of rotatable bonds is 4. The van der Waals surface area contributed by atoms with E-state index in [0.29, 0.717) is 14.9 Å². The summed E-state index contributed by atoms with van der Waals surface area (Å²) >= 11 is 8.42. The lowest BCUT2D eigenvalue weighted by molar-refractivity contribution is -0.111. The standard InChI is InChI=1S/C14H12ClNO3S2/c1-7-8(2)20-13(12(7)14(18)19)16-11(17)6-4-9-3-5-10(15)21-9/h3-6H,1-2H3,(H,16,17)(H,18,19)/b6-4+. The molecule has 0 saturated heterocycles. The van der Waals surface area contributed by atoms with Crippen molar-refractivity contribution in [2.45, 2.75) is 13.8 Å². The summed E-state index contributed by atoms with van der Waals surface area (Å²) in [6, 6.07) is 3.55. The van der Waals surface area contributed by atoms with E-state index in [-0.39, 0.29) is 11.5 Å². The maximum Gasteiger partial charge on any atom is 0.338 e. The number of nitrogens with one attached hydrogen (secondary N) is 1. The van der Waals surface area contributed by atoms with Gasteiger partial charge in [0, 0.05) is 15.8 Å². The van der Waals surface area contributed by atoms with Crippen molar-refractivity contribution in [3.63, 3.8) is 0 Å². The first kappa shape index (κ1) is 15.8. The van der Waals surface area contributed by atoms with Gasteiger partial charge in [-0.1, -0.05) is 11.6 Å². The number of carbonyl (C=O) groups excluding carboxylic acids is 1. The second-order valence-corrected chi connectivity index (χ2v) is 7.23. The third-order valence-corrected chi connectivity index (χ3v) is 5.15. The van der Waals surface area contributed by atoms with Crippen LogP contribution < -0.4 is 5.32 Å². The predicted molar refractivity (Wildman–Crippen MR) is 87.7 cm³/mol. The number of thiophene rings is 2. The van der Waals surface area contributed by atoms with Crippen molar-refractivity contribution in [2.75, 3.05) is 5.32 Å². The van der Waals surface area contributed by atoms with E-state index in [1.54, 1.807) is 25.1 Å². The number of amides is 1. The first-order valence-electron chi connectivity index (χ1n) is 5.96. The molecule has 0 aliphatic rings. The number of carboxylic acid groups (broad SMARTS) is 1. The first-order chi connectivity index (χ1) is 9.88. The smallest absolute Gasteiger partial charge is 0.338 e. The number of aromatic carboxylic acids is 1. The van der Waals surface area contributed by atoms with Crippen LogP contribution in [0.15, 0.2) is 18.2 Å². The lowest BCUT2D eigenvalue weighted by atomic mass is 10.1. The average Bonchev–Trinajstić information content (AvgIpc) is 2.92. The van der Waals surface area contributed by atoms with Crippen LogP contribution in [0.1, 0.15) is 25.7 Å². The molecule has 2 heterocycles. The molecule has 2 aromatic rings. The van der Waals surface area contributed by atoms with Gasteiger partial charge in [0.1, 0.15) is 5.00 Å². The number of halogens is 1. The van der Waals surface area contributed by atoms with E-state index in [1.165, 1.54) is 28.7 Å². The second kappa shape index (κ2) is 6.43. The molecule has 0 bridgehead atoms. The van der Waals surface area contributed by atoms with Crippen LogP contribution in [-0.2, 0) is 4.79 Å². The molecule has 0 radical (unpaired) electrons. The number of carbonyl (C=O) groups is 2. The number of carboxylic acids is 1. The molecule has 0 unspecified atom stereocenters. The number of aryl methyl sites for hydroxylation is 1. The Balaban J connectivity index is 2.15. The first-order valence-corrected chi connectivity index (χ1v) is 7.97. The van der Waals surface area contributed by atoms with Gasteiger partial charge in [0.15, 0.2) is 0 Å². The fourth-order valence-corrected chi connectivity index (χ4v) is 3.72. The average molecular weight is 342 g/mol. The Labute approximate surface area is 134 Å². The van der Waals surface area contributed by atoms with Crippen molar-refractivity contribution in [1.82, 2.24) is 0 Å². The van der Waals surface area contributed by atoms with Crippen LogP contribution in [-0.4, -0.2) is 17.0 Å². The normalized spacial score (nSPS) is 11.0. The molecule has 21 heavy (non-hydrogen) atoms. The monoisotopic (exact) mass is 341 g/mol. The lowest BCUT2D eigenvalue weighted by Crippen LogP contribution is -2.10. The summed E-state index contributed by atoms with van der Waals surface area (Å²) in [6.07, 6.45) is 3.00. The van der Waals surface area contributed by atoms with E-state index in [4.69, 9.17) is 11.6 Å². The maximum absolute atomic E-state index is 11.9. The van der Waals surface area contributed by atoms with Crippen molar-refractivity contribution in [2.24, 2.45) is 0 Å². The molecule has 2 N–H and O–H groups in total. The van der Waals surface area contributed by atoms with Crippen LogP contribution in [0, 0.1) is 13.8 Å². The highest BCUT2D eigenvalue weighted by Gasteiger charge is 2.19. The molecule has 110 valence electrons. The predicted octanol–water partition coefficient (Wildman–Crippen LogP) is 4.43. The van der Waals surface area contributed by atoms with E-state index in [1.807, 2.05) is 6.92 Å².